The van der Waals surface area contributed by atoms with Crippen molar-refractivity contribution in [3.05, 3.63) is 59.2 Å². The summed E-state index contributed by atoms with van der Waals surface area (Å²) in [6, 6.07) is 14.3. The van der Waals surface area contributed by atoms with Crippen LogP contribution >= 0.6 is 11.3 Å². The largest absolute Gasteiger partial charge is 0.376 e. The summed E-state index contributed by atoms with van der Waals surface area (Å²) < 4.78 is 6.90. The van der Waals surface area contributed by atoms with Gasteiger partial charge in [0.1, 0.15) is 0 Å². The summed E-state index contributed by atoms with van der Waals surface area (Å²) in [5.74, 6) is 0.0801. The van der Waals surface area contributed by atoms with Gasteiger partial charge in [0, 0.05) is 6.61 Å². The molecule has 2 heterocycles. The Morgan fingerprint density at radius 1 is 1.26 bits per heavy atom. The molecule has 2 aromatic carbocycles. The van der Waals surface area contributed by atoms with Gasteiger partial charge < -0.3 is 4.74 Å². The molecule has 1 aromatic heterocycles. The minimum Gasteiger partial charge on any atom is -0.376 e. The van der Waals surface area contributed by atoms with Crippen LogP contribution in [0.4, 0.5) is 5.13 Å². The number of aryl methyl sites for hydroxylation is 2. The SMILES string of the molecule is Cc1ccc(CC(=O)N(CC2CCCO2)c2nc3ccccc3s2)c(C)c1. The summed E-state index contributed by atoms with van der Waals surface area (Å²) in [6.45, 7) is 5.49. The number of benzene rings is 2. The average molecular weight is 381 g/mol. The molecule has 140 valence electrons. The molecule has 1 aliphatic rings. The first-order valence-corrected chi connectivity index (χ1v) is 10.3. The van der Waals surface area contributed by atoms with Crippen LogP contribution in [0.1, 0.15) is 29.5 Å². The number of thiazole rings is 1. The number of para-hydroxylation sites is 1. The minimum absolute atomic E-state index is 0.0801. The van der Waals surface area contributed by atoms with Gasteiger partial charge in [0.05, 0.1) is 29.3 Å². The van der Waals surface area contributed by atoms with Crippen molar-refractivity contribution in [2.24, 2.45) is 0 Å². The Morgan fingerprint density at radius 3 is 2.85 bits per heavy atom. The number of aromatic nitrogens is 1. The lowest BCUT2D eigenvalue weighted by Gasteiger charge is -2.23. The van der Waals surface area contributed by atoms with Gasteiger partial charge in [-0.05, 0) is 49.9 Å². The van der Waals surface area contributed by atoms with Gasteiger partial charge in [-0.15, -0.1) is 0 Å². The lowest BCUT2D eigenvalue weighted by atomic mass is 10.0. The second kappa shape index (κ2) is 7.79. The van der Waals surface area contributed by atoms with Crippen molar-refractivity contribution in [2.45, 2.75) is 39.2 Å². The van der Waals surface area contributed by atoms with E-state index in [-0.39, 0.29) is 12.0 Å². The molecule has 0 spiro atoms. The van der Waals surface area contributed by atoms with E-state index in [1.807, 2.05) is 23.1 Å². The quantitative estimate of drug-likeness (QED) is 0.646. The fourth-order valence-corrected chi connectivity index (χ4v) is 4.55. The number of amides is 1. The predicted molar refractivity (Wildman–Crippen MR) is 111 cm³/mol. The highest BCUT2D eigenvalue weighted by Gasteiger charge is 2.26. The topological polar surface area (TPSA) is 42.4 Å². The van der Waals surface area contributed by atoms with Crippen LogP contribution < -0.4 is 4.90 Å². The van der Waals surface area contributed by atoms with Crippen molar-refractivity contribution in [1.29, 1.82) is 0 Å². The Hall–Kier alpha value is -2.24. The van der Waals surface area contributed by atoms with Crippen LogP contribution in [0.2, 0.25) is 0 Å². The van der Waals surface area contributed by atoms with Gasteiger partial charge in [-0.3, -0.25) is 9.69 Å². The van der Waals surface area contributed by atoms with E-state index >= 15 is 0 Å². The molecule has 4 nitrogen and oxygen atoms in total. The summed E-state index contributed by atoms with van der Waals surface area (Å²) in [5.41, 5.74) is 4.38. The number of ether oxygens (including phenoxy) is 1. The molecule has 5 heteroatoms. The Balaban J connectivity index is 1.62. The molecule has 1 unspecified atom stereocenters. The number of nitrogens with zero attached hydrogens (tertiary/aromatic N) is 2. The second-order valence-electron chi connectivity index (χ2n) is 7.21. The summed E-state index contributed by atoms with van der Waals surface area (Å²) >= 11 is 1.57. The van der Waals surface area contributed by atoms with Crippen molar-refractivity contribution in [2.75, 3.05) is 18.1 Å². The van der Waals surface area contributed by atoms with Crippen molar-refractivity contribution in [3.63, 3.8) is 0 Å². The molecule has 4 rings (SSSR count). The number of rotatable bonds is 5. The summed E-state index contributed by atoms with van der Waals surface area (Å²) in [7, 11) is 0. The monoisotopic (exact) mass is 380 g/mol. The summed E-state index contributed by atoms with van der Waals surface area (Å²) in [6.07, 6.45) is 2.54. The summed E-state index contributed by atoms with van der Waals surface area (Å²) in [4.78, 5) is 19.8. The van der Waals surface area contributed by atoms with E-state index in [1.165, 1.54) is 5.56 Å². The van der Waals surface area contributed by atoms with Crippen LogP contribution in [0, 0.1) is 13.8 Å². The van der Waals surface area contributed by atoms with E-state index < -0.39 is 0 Å². The van der Waals surface area contributed by atoms with Gasteiger partial charge in [-0.25, -0.2) is 4.98 Å². The molecule has 0 radical (unpaired) electrons. The fourth-order valence-electron chi connectivity index (χ4n) is 3.56. The molecule has 27 heavy (non-hydrogen) atoms. The molecule has 0 saturated carbocycles. The zero-order valence-electron chi connectivity index (χ0n) is 15.8. The Labute approximate surface area is 163 Å². The third-order valence-electron chi connectivity index (χ3n) is 5.06. The average Bonchev–Trinajstić information content (AvgIpc) is 3.30. The van der Waals surface area contributed by atoms with E-state index in [4.69, 9.17) is 9.72 Å². The first-order valence-electron chi connectivity index (χ1n) is 9.44. The van der Waals surface area contributed by atoms with E-state index in [9.17, 15) is 4.79 Å². The molecular formula is C22H24N2O2S. The fraction of sp³-hybridized carbons (Fsp3) is 0.364. The van der Waals surface area contributed by atoms with Gasteiger partial charge in [-0.1, -0.05) is 47.2 Å². The van der Waals surface area contributed by atoms with E-state index in [1.54, 1.807) is 11.3 Å². The third kappa shape index (κ3) is 4.04. The molecule has 0 N–H and O–H groups in total. The number of anilines is 1. The van der Waals surface area contributed by atoms with Crippen LogP contribution in [-0.4, -0.2) is 30.1 Å². The molecular weight excluding hydrogens is 356 g/mol. The van der Waals surface area contributed by atoms with E-state index in [2.05, 4.69) is 38.1 Å². The van der Waals surface area contributed by atoms with Crippen LogP contribution in [-0.2, 0) is 16.0 Å². The Kier molecular flexibility index (Phi) is 5.23. The molecule has 1 fully saturated rings. The maximum Gasteiger partial charge on any atom is 0.233 e. The number of carbonyl (C=O) groups is 1. The van der Waals surface area contributed by atoms with Gasteiger partial charge in [0.2, 0.25) is 5.91 Å². The molecule has 1 amide bonds. The number of hydrogen-bond acceptors (Lipinski definition) is 4. The third-order valence-corrected chi connectivity index (χ3v) is 6.12. The van der Waals surface area contributed by atoms with Crippen molar-refractivity contribution >= 4 is 32.6 Å². The molecule has 1 aliphatic heterocycles. The normalized spacial score (nSPS) is 16.7. The van der Waals surface area contributed by atoms with Crippen LogP contribution in [0.15, 0.2) is 42.5 Å². The maximum atomic E-state index is 13.3. The van der Waals surface area contributed by atoms with Gasteiger partial charge in [-0.2, -0.15) is 0 Å². The van der Waals surface area contributed by atoms with Crippen LogP contribution in [0.25, 0.3) is 10.2 Å². The number of carbonyl (C=O) groups excluding carboxylic acids is 1. The molecule has 0 bridgehead atoms. The van der Waals surface area contributed by atoms with E-state index in [0.29, 0.717) is 13.0 Å². The Morgan fingerprint density at radius 2 is 2.11 bits per heavy atom. The molecule has 1 atom stereocenters. The Bertz CT molecular complexity index is 927. The standard InChI is InChI=1S/C22H24N2O2S/c1-15-9-10-17(16(2)12-15)13-21(25)24(14-18-6-5-11-26-18)22-23-19-7-3-4-8-20(19)27-22/h3-4,7-10,12,18H,5-6,11,13-14H2,1-2H3. The van der Waals surface area contributed by atoms with Crippen molar-refractivity contribution < 1.29 is 9.53 Å². The molecule has 1 saturated heterocycles. The number of fused-ring (bicyclic) bond motifs is 1. The predicted octanol–water partition coefficient (Wildman–Crippen LogP) is 4.67. The lowest BCUT2D eigenvalue weighted by Crippen LogP contribution is -2.38. The highest BCUT2D eigenvalue weighted by atomic mass is 32.1. The highest BCUT2D eigenvalue weighted by Crippen LogP contribution is 2.30. The molecule has 0 aliphatic carbocycles. The van der Waals surface area contributed by atoms with Crippen LogP contribution in [0.3, 0.4) is 0 Å². The van der Waals surface area contributed by atoms with Crippen molar-refractivity contribution in [1.82, 2.24) is 4.98 Å². The second-order valence-corrected chi connectivity index (χ2v) is 8.22. The lowest BCUT2D eigenvalue weighted by molar-refractivity contribution is -0.118. The van der Waals surface area contributed by atoms with Gasteiger partial charge >= 0.3 is 0 Å². The van der Waals surface area contributed by atoms with Crippen molar-refractivity contribution in [3.8, 4) is 0 Å². The zero-order chi connectivity index (χ0) is 18.8. The molecule has 3 aromatic rings. The zero-order valence-corrected chi connectivity index (χ0v) is 16.6. The van der Waals surface area contributed by atoms with Crippen LogP contribution in [0.5, 0.6) is 0 Å². The van der Waals surface area contributed by atoms with Gasteiger partial charge in [0.15, 0.2) is 5.13 Å². The smallest absolute Gasteiger partial charge is 0.233 e. The number of hydrogen-bond donors (Lipinski definition) is 0. The minimum atomic E-state index is 0.0801. The summed E-state index contributed by atoms with van der Waals surface area (Å²) in [5, 5.41) is 0.765. The maximum absolute atomic E-state index is 13.3. The van der Waals surface area contributed by atoms with E-state index in [0.717, 1.165) is 45.9 Å². The van der Waals surface area contributed by atoms with Gasteiger partial charge in [0.25, 0.3) is 0 Å². The first-order chi connectivity index (χ1) is 13.1. The highest BCUT2D eigenvalue weighted by molar-refractivity contribution is 7.22. The first kappa shape index (κ1) is 18.1.